The van der Waals surface area contributed by atoms with E-state index < -0.39 is 5.54 Å². The Morgan fingerprint density at radius 1 is 1.30 bits per heavy atom. The van der Waals surface area contributed by atoms with Gasteiger partial charge < -0.3 is 16.4 Å². The molecule has 0 spiro atoms. The topological polar surface area (TPSA) is 84.2 Å². The van der Waals surface area contributed by atoms with Gasteiger partial charge in [0.25, 0.3) is 0 Å². The van der Waals surface area contributed by atoms with E-state index in [1.807, 2.05) is 13.8 Å². The van der Waals surface area contributed by atoms with Crippen molar-refractivity contribution in [3.8, 4) is 0 Å². The fourth-order valence-corrected chi connectivity index (χ4v) is 2.17. The zero-order chi connectivity index (χ0) is 16.8. The second-order valence-electron chi connectivity index (χ2n) is 5.71. The number of anilines is 1. The highest BCUT2D eigenvalue weighted by Gasteiger charge is 2.18. The fraction of sp³-hybridized carbons (Fsp3) is 0.467. The molecule has 0 aliphatic heterocycles. The molecule has 0 aliphatic rings. The molecule has 0 fully saturated rings. The zero-order valence-electron chi connectivity index (χ0n) is 13.4. The van der Waals surface area contributed by atoms with Crippen molar-refractivity contribution in [3.63, 3.8) is 0 Å². The van der Waals surface area contributed by atoms with Crippen LogP contribution >= 0.6 is 24.2 Å². The van der Waals surface area contributed by atoms with Crippen LogP contribution in [-0.2, 0) is 9.59 Å². The maximum Gasteiger partial charge on any atom is 0.234 e. The fourth-order valence-electron chi connectivity index (χ4n) is 1.47. The molecular formula is C15H23ClFN3O2S. The lowest BCUT2D eigenvalue weighted by molar-refractivity contribution is -0.120. The molecule has 1 aromatic rings. The lowest BCUT2D eigenvalue weighted by Gasteiger charge is -2.20. The molecule has 1 rings (SSSR count). The number of carbonyl (C=O) groups excluding carboxylic acids is 2. The third-order valence-corrected chi connectivity index (χ3v) is 3.82. The molecule has 0 saturated heterocycles. The average Bonchev–Trinajstić information content (AvgIpc) is 2.44. The van der Waals surface area contributed by atoms with Crippen molar-refractivity contribution in [3.05, 3.63) is 30.1 Å². The third kappa shape index (κ3) is 9.43. The quantitative estimate of drug-likeness (QED) is 0.693. The molecule has 130 valence electrons. The number of hydrogen-bond acceptors (Lipinski definition) is 4. The molecule has 0 aliphatic carbocycles. The van der Waals surface area contributed by atoms with Crippen LogP contribution in [0.25, 0.3) is 0 Å². The second kappa shape index (κ2) is 9.75. The van der Waals surface area contributed by atoms with Gasteiger partial charge in [-0.3, -0.25) is 9.59 Å². The van der Waals surface area contributed by atoms with E-state index >= 15 is 0 Å². The first-order valence-corrected chi connectivity index (χ1v) is 7.96. The number of hydrogen-bond donors (Lipinski definition) is 3. The van der Waals surface area contributed by atoms with Gasteiger partial charge in [-0.15, -0.1) is 24.2 Å². The van der Waals surface area contributed by atoms with Gasteiger partial charge in [0.05, 0.1) is 11.0 Å². The Kier molecular flexibility index (Phi) is 9.19. The number of amides is 2. The van der Waals surface area contributed by atoms with Crippen molar-refractivity contribution in [2.24, 2.45) is 5.73 Å². The van der Waals surface area contributed by atoms with Crippen LogP contribution < -0.4 is 16.4 Å². The van der Waals surface area contributed by atoms with Gasteiger partial charge in [0, 0.05) is 17.8 Å². The smallest absolute Gasteiger partial charge is 0.234 e. The predicted octanol–water partition coefficient (Wildman–Crippen LogP) is 2.16. The van der Waals surface area contributed by atoms with Gasteiger partial charge in [-0.1, -0.05) is 0 Å². The molecule has 0 aromatic heterocycles. The van der Waals surface area contributed by atoms with Crippen LogP contribution in [0.4, 0.5) is 10.1 Å². The minimum Gasteiger partial charge on any atom is -0.353 e. The van der Waals surface area contributed by atoms with Crippen molar-refractivity contribution < 1.29 is 14.0 Å². The Labute approximate surface area is 146 Å². The molecule has 0 saturated carbocycles. The summed E-state index contributed by atoms with van der Waals surface area (Å²) in [7, 11) is 0. The predicted molar refractivity (Wildman–Crippen MR) is 95.5 cm³/mol. The Morgan fingerprint density at radius 3 is 2.39 bits per heavy atom. The van der Waals surface area contributed by atoms with Gasteiger partial charge >= 0.3 is 0 Å². The van der Waals surface area contributed by atoms with Crippen LogP contribution in [0.2, 0.25) is 0 Å². The summed E-state index contributed by atoms with van der Waals surface area (Å²) in [6, 6.07) is 5.51. The Hall–Kier alpha value is -1.31. The molecule has 1 aromatic carbocycles. The van der Waals surface area contributed by atoms with Gasteiger partial charge in [0.15, 0.2) is 0 Å². The van der Waals surface area contributed by atoms with E-state index in [0.717, 1.165) is 0 Å². The summed E-state index contributed by atoms with van der Waals surface area (Å²) in [6.07, 6.45) is 0. The molecule has 2 amide bonds. The maximum absolute atomic E-state index is 12.8. The highest BCUT2D eigenvalue weighted by atomic mass is 35.5. The van der Waals surface area contributed by atoms with Gasteiger partial charge in [-0.25, -0.2) is 4.39 Å². The number of thioether (sulfide) groups is 1. The largest absolute Gasteiger partial charge is 0.353 e. The standard InChI is InChI=1S/C15H22FN3O2S.ClH/c1-10(14(21)18-9-15(2,3)17)22-8-13(20)19-12-6-4-11(16)5-7-12;/h4-7,10H,8-9,17H2,1-3H3,(H,18,21)(H,19,20);1H. The summed E-state index contributed by atoms with van der Waals surface area (Å²) >= 11 is 1.23. The average molecular weight is 364 g/mol. The minimum absolute atomic E-state index is 0. The van der Waals surface area contributed by atoms with Crippen LogP contribution in [0.3, 0.4) is 0 Å². The van der Waals surface area contributed by atoms with Crippen molar-refractivity contribution in [2.45, 2.75) is 31.6 Å². The van der Waals surface area contributed by atoms with E-state index in [1.165, 1.54) is 36.0 Å². The maximum atomic E-state index is 12.8. The zero-order valence-corrected chi connectivity index (χ0v) is 15.0. The Balaban J connectivity index is 0.00000484. The summed E-state index contributed by atoms with van der Waals surface area (Å²) in [4.78, 5) is 23.6. The SMILES string of the molecule is CC(SCC(=O)Nc1ccc(F)cc1)C(=O)NCC(C)(C)N.Cl. The first-order chi connectivity index (χ1) is 10.2. The lowest BCUT2D eigenvalue weighted by atomic mass is 10.1. The summed E-state index contributed by atoms with van der Waals surface area (Å²) in [6.45, 7) is 5.75. The minimum atomic E-state index is -0.472. The van der Waals surface area contributed by atoms with Crippen molar-refractivity contribution in [1.29, 1.82) is 0 Å². The number of nitrogens with two attached hydrogens (primary N) is 1. The molecule has 5 nitrogen and oxygen atoms in total. The molecule has 4 N–H and O–H groups in total. The lowest BCUT2D eigenvalue weighted by Crippen LogP contribution is -2.46. The summed E-state index contributed by atoms with van der Waals surface area (Å²) in [5.74, 6) is -0.619. The highest BCUT2D eigenvalue weighted by Crippen LogP contribution is 2.13. The third-order valence-electron chi connectivity index (χ3n) is 2.68. The highest BCUT2D eigenvalue weighted by molar-refractivity contribution is 8.01. The number of carbonyl (C=O) groups is 2. The molecule has 1 atom stereocenters. The van der Waals surface area contributed by atoms with Gasteiger partial charge in [-0.05, 0) is 45.0 Å². The number of rotatable bonds is 7. The van der Waals surface area contributed by atoms with Gasteiger partial charge in [0.1, 0.15) is 5.82 Å². The normalized spacial score (nSPS) is 12.0. The van der Waals surface area contributed by atoms with Crippen LogP contribution in [0, 0.1) is 5.82 Å². The Morgan fingerprint density at radius 2 is 1.87 bits per heavy atom. The van der Waals surface area contributed by atoms with E-state index in [-0.39, 0.29) is 41.0 Å². The van der Waals surface area contributed by atoms with Crippen molar-refractivity contribution >= 4 is 41.7 Å². The van der Waals surface area contributed by atoms with Crippen LogP contribution in [-0.4, -0.2) is 34.9 Å². The van der Waals surface area contributed by atoms with E-state index in [0.29, 0.717) is 12.2 Å². The van der Waals surface area contributed by atoms with Crippen LogP contribution in [0.5, 0.6) is 0 Å². The molecule has 0 heterocycles. The summed E-state index contributed by atoms with van der Waals surface area (Å²) in [5, 5.41) is 5.03. The number of halogens is 2. The summed E-state index contributed by atoms with van der Waals surface area (Å²) in [5.41, 5.74) is 5.84. The van der Waals surface area contributed by atoms with Gasteiger partial charge in [-0.2, -0.15) is 0 Å². The second-order valence-corrected chi connectivity index (χ2v) is 7.04. The first kappa shape index (κ1) is 21.7. The first-order valence-electron chi connectivity index (χ1n) is 6.91. The van der Waals surface area contributed by atoms with E-state index in [2.05, 4.69) is 10.6 Å². The molecule has 0 radical (unpaired) electrons. The molecular weight excluding hydrogens is 341 g/mol. The number of benzene rings is 1. The van der Waals surface area contributed by atoms with Crippen LogP contribution in [0.15, 0.2) is 24.3 Å². The monoisotopic (exact) mass is 363 g/mol. The van der Waals surface area contributed by atoms with Gasteiger partial charge in [0.2, 0.25) is 11.8 Å². The van der Waals surface area contributed by atoms with E-state index in [4.69, 9.17) is 5.73 Å². The van der Waals surface area contributed by atoms with E-state index in [9.17, 15) is 14.0 Å². The molecule has 1 unspecified atom stereocenters. The summed E-state index contributed by atoms with van der Waals surface area (Å²) < 4.78 is 12.8. The van der Waals surface area contributed by atoms with E-state index in [1.54, 1.807) is 6.92 Å². The van der Waals surface area contributed by atoms with Crippen LogP contribution in [0.1, 0.15) is 20.8 Å². The van der Waals surface area contributed by atoms with Crippen molar-refractivity contribution in [2.75, 3.05) is 17.6 Å². The van der Waals surface area contributed by atoms with Crippen molar-refractivity contribution in [1.82, 2.24) is 5.32 Å². The Bertz CT molecular complexity index is 520. The molecule has 0 bridgehead atoms. The molecule has 23 heavy (non-hydrogen) atoms. The molecule has 8 heteroatoms. The number of nitrogens with one attached hydrogen (secondary N) is 2.